The molecule has 162 valence electrons. The number of carbonyl (C=O) groups excluding carboxylic acids is 1. The molecule has 0 aliphatic heterocycles. The molecule has 0 bridgehead atoms. The first-order valence-electron chi connectivity index (χ1n) is 10.7. The normalized spacial score (nSPS) is 11.1. The molecule has 0 atom stereocenters. The van der Waals surface area contributed by atoms with Crippen LogP contribution in [0.1, 0.15) is 57.7 Å². The summed E-state index contributed by atoms with van der Waals surface area (Å²) >= 11 is 0. The van der Waals surface area contributed by atoms with E-state index in [-0.39, 0.29) is 6.61 Å². The topological polar surface area (TPSA) is 49.8 Å². The third kappa shape index (κ3) is 6.46. The van der Waals surface area contributed by atoms with Crippen molar-refractivity contribution < 1.29 is 14.6 Å². The van der Waals surface area contributed by atoms with E-state index in [1.54, 1.807) is 19.1 Å². The number of hydrogen-bond acceptors (Lipinski definition) is 4. The van der Waals surface area contributed by atoms with Gasteiger partial charge in [0.1, 0.15) is 5.75 Å². The summed E-state index contributed by atoms with van der Waals surface area (Å²) < 4.78 is 5.49. The number of ether oxygens (including phenoxy) is 1. The lowest BCUT2D eigenvalue weighted by Gasteiger charge is -2.33. The zero-order valence-electron chi connectivity index (χ0n) is 18.9. The van der Waals surface area contributed by atoms with Crippen LogP contribution in [0, 0.1) is 0 Å². The maximum Gasteiger partial charge on any atom is 0.338 e. The fourth-order valence-electron chi connectivity index (χ4n) is 3.76. The molecule has 2 aromatic carbocycles. The third-order valence-corrected chi connectivity index (χ3v) is 5.09. The summed E-state index contributed by atoms with van der Waals surface area (Å²) in [6.07, 6.45) is 2.60. The van der Waals surface area contributed by atoms with Crippen LogP contribution in [0.5, 0.6) is 5.75 Å². The molecular weight excluding hydrogens is 374 g/mol. The van der Waals surface area contributed by atoms with Crippen LogP contribution in [-0.4, -0.2) is 23.2 Å². The van der Waals surface area contributed by atoms with Gasteiger partial charge in [-0.15, -0.1) is 0 Å². The molecule has 0 fully saturated rings. The van der Waals surface area contributed by atoms with E-state index >= 15 is 0 Å². The largest absolute Gasteiger partial charge is 0.423 e. The number of aliphatic hydroxyl groups excluding tert-OH is 1. The Morgan fingerprint density at radius 1 is 1.03 bits per heavy atom. The third-order valence-electron chi connectivity index (χ3n) is 5.09. The standard InChI is InChI=1S/C26H35NO3/c1-18(2)26(29)30-25-14-13-22(17-28)15-23(25)11-7-9-21-10-8-12-24(16-21)27(19(3)4)20(5)6/h8,10,12-16,19-20,28H,1,7,9,11,17H2,2-6H3. The van der Waals surface area contributed by atoms with Crippen LogP contribution in [0.2, 0.25) is 0 Å². The second kappa shape index (κ2) is 11.0. The fourth-order valence-corrected chi connectivity index (χ4v) is 3.76. The maximum atomic E-state index is 11.9. The van der Waals surface area contributed by atoms with Crippen molar-refractivity contribution in [3.05, 3.63) is 71.3 Å². The fraction of sp³-hybridized carbons (Fsp3) is 0.423. The number of esters is 1. The van der Waals surface area contributed by atoms with E-state index in [2.05, 4.69) is 63.4 Å². The summed E-state index contributed by atoms with van der Waals surface area (Å²) in [5.41, 5.74) is 4.64. The highest BCUT2D eigenvalue weighted by Crippen LogP contribution is 2.25. The molecule has 0 heterocycles. The van der Waals surface area contributed by atoms with E-state index in [4.69, 9.17) is 4.74 Å². The Kier molecular flexibility index (Phi) is 8.67. The first kappa shape index (κ1) is 23.7. The van der Waals surface area contributed by atoms with Gasteiger partial charge in [0.25, 0.3) is 0 Å². The van der Waals surface area contributed by atoms with Gasteiger partial charge in [-0.05, 0) is 94.8 Å². The maximum absolute atomic E-state index is 11.9. The summed E-state index contributed by atoms with van der Waals surface area (Å²) in [7, 11) is 0. The van der Waals surface area contributed by atoms with E-state index in [0.717, 1.165) is 30.4 Å². The zero-order valence-corrected chi connectivity index (χ0v) is 18.9. The van der Waals surface area contributed by atoms with Crippen LogP contribution < -0.4 is 9.64 Å². The van der Waals surface area contributed by atoms with Crippen LogP contribution in [0.3, 0.4) is 0 Å². The quantitative estimate of drug-likeness (QED) is 0.322. The van der Waals surface area contributed by atoms with Crippen LogP contribution in [0.4, 0.5) is 5.69 Å². The van der Waals surface area contributed by atoms with Crippen LogP contribution in [0.25, 0.3) is 0 Å². The molecular formula is C26H35NO3. The van der Waals surface area contributed by atoms with Gasteiger partial charge < -0.3 is 14.7 Å². The number of aryl methyl sites for hydroxylation is 2. The molecule has 0 amide bonds. The Hall–Kier alpha value is -2.59. The Bertz CT molecular complexity index is 862. The summed E-state index contributed by atoms with van der Waals surface area (Å²) in [4.78, 5) is 14.4. The van der Waals surface area contributed by atoms with Gasteiger partial charge in [-0.1, -0.05) is 24.8 Å². The second-order valence-corrected chi connectivity index (χ2v) is 8.39. The van der Waals surface area contributed by atoms with Crippen molar-refractivity contribution in [2.24, 2.45) is 0 Å². The van der Waals surface area contributed by atoms with Crippen LogP contribution in [0.15, 0.2) is 54.6 Å². The van der Waals surface area contributed by atoms with Crippen LogP contribution >= 0.6 is 0 Å². The molecule has 2 rings (SSSR count). The molecule has 0 aliphatic carbocycles. The number of carbonyl (C=O) groups is 1. The van der Waals surface area contributed by atoms with E-state index in [1.165, 1.54) is 11.3 Å². The zero-order chi connectivity index (χ0) is 22.3. The molecule has 0 saturated carbocycles. The van der Waals surface area contributed by atoms with Gasteiger partial charge in [-0.3, -0.25) is 0 Å². The van der Waals surface area contributed by atoms with E-state index < -0.39 is 5.97 Å². The Balaban J connectivity index is 2.12. The van der Waals surface area contributed by atoms with Gasteiger partial charge in [0.15, 0.2) is 0 Å². The summed E-state index contributed by atoms with van der Waals surface area (Å²) in [5.74, 6) is 0.114. The highest BCUT2D eigenvalue weighted by Gasteiger charge is 2.15. The highest BCUT2D eigenvalue weighted by molar-refractivity contribution is 5.88. The lowest BCUT2D eigenvalue weighted by atomic mass is 10.0. The Morgan fingerprint density at radius 2 is 1.73 bits per heavy atom. The smallest absolute Gasteiger partial charge is 0.338 e. The molecule has 0 radical (unpaired) electrons. The molecule has 0 unspecified atom stereocenters. The monoisotopic (exact) mass is 409 g/mol. The molecule has 4 heteroatoms. The average molecular weight is 410 g/mol. The van der Waals surface area contributed by atoms with E-state index in [1.807, 2.05) is 6.07 Å². The lowest BCUT2D eigenvalue weighted by molar-refractivity contribution is -0.130. The first-order valence-corrected chi connectivity index (χ1v) is 10.7. The van der Waals surface area contributed by atoms with Crippen LogP contribution in [-0.2, 0) is 24.2 Å². The minimum absolute atomic E-state index is 0.0377. The molecule has 4 nitrogen and oxygen atoms in total. The number of benzene rings is 2. The molecule has 1 N–H and O–H groups in total. The van der Waals surface area contributed by atoms with Gasteiger partial charge in [0.05, 0.1) is 6.61 Å². The van der Waals surface area contributed by atoms with Gasteiger partial charge >= 0.3 is 5.97 Å². The van der Waals surface area contributed by atoms with Crippen molar-refractivity contribution in [2.75, 3.05) is 4.90 Å². The Morgan fingerprint density at radius 3 is 2.33 bits per heavy atom. The van der Waals surface area contributed by atoms with Gasteiger partial charge in [-0.2, -0.15) is 0 Å². The van der Waals surface area contributed by atoms with Crippen molar-refractivity contribution in [3.63, 3.8) is 0 Å². The van der Waals surface area contributed by atoms with Crippen molar-refractivity contribution in [1.29, 1.82) is 0 Å². The number of hydrogen-bond donors (Lipinski definition) is 1. The molecule has 2 aromatic rings. The molecule has 30 heavy (non-hydrogen) atoms. The summed E-state index contributed by atoms with van der Waals surface area (Å²) in [5, 5.41) is 9.47. The summed E-state index contributed by atoms with van der Waals surface area (Å²) in [6.45, 7) is 14.1. The number of nitrogens with zero attached hydrogens (tertiary/aromatic N) is 1. The highest BCUT2D eigenvalue weighted by atomic mass is 16.5. The number of aliphatic hydroxyl groups is 1. The molecule has 0 aromatic heterocycles. The van der Waals surface area contributed by atoms with Crippen molar-refractivity contribution in [2.45, 2.75) is 72.6 Å². The van der Waals surface area contributed by atoms with Gasteiger partial charge in [0, 0.05) is 23.3 Å². The average Bonchev–Trinajstić information content (AvgIpc) is 2.68. The van der Waals surface area contributed by atoms with Crippen molar-refractivity contribution >= 4 is 11.7 Å². The van der Waals surface area contributed by atoms with Crippen molar-refractivity contribution in [1.82, 2.24) is 0 Å². The lowest BCUT2D eigenvalue weighted by Crippen LogP contribution is -2.36. The summed E-state index contributed by atoms with van der Waals surface area (Å²) in [6, 6.07) is 15.0. The van der Waals surface area contributed by atoms with E-state index in [9.17, 15) is 9.90 Å². The number of anilines is 1. The second-order valence-electron chi connectivity index (χ2n) is 8.39. The predicted molar refractivity (Wildman–Crippen MR) is 124 cm³/mol. The minimum Gasteiger partial charge on any atom is -0.423 e. The minimum atomic E-state index is -0.428. The van der Waals surface area contributed by atoms with Gasteiger partial charge in [0.2, 0.25) is 0 Å². The molecule has 0 aliphatic rings. The SMILES string of the molecule is C=C(C)C(=O)Oc1ccc(CO)cc1CCCc1cccc(N(C(C)C)C(C)C)c1. The van der Waals surface area contributed by atoms with E-state index in [0.29, 0.717) is 23.4 Å². The van der Waals surface area contributed by atoms with Crippen molar-refractivity contribution in [3.8, 4) is 5.75 Å². The predicted octanol–water partition coefficient (Wildman–Crippen LogP) is 5.46. The van der Waals surface area contributed by atoms with Gasteiger partial charge in [-0.25, -0.2) is 4.79 Å². The number of rotatable bonds is 10. The molecule has 0 saturated heterocycles. The first-order chi connectivity index (χ1) is 14.2. The molecule has 0 spiro atoms. The Labute approximate surface area is 181 Å².